The molecule has 1 unspecified atom stereocenters. The first-order chi connectivity index (χ1) is 12.0. The van der Waals surface area contributed by atoms with E-state index < -0.39 is 5.91 Å². The molecule has 1 aromatic carbocycles. The Kier molecular flexibility index (Phi) is 5.52. The first-order valence-electron chi connectivity index (χ1n) is 7.40. The van der Waals surface area contributed by atoms with E-state index in [1.807, 2.05) is 35.7 Å². The van der Waals surface area contributed by atoms with Crippen molar-refractivity contribution >= 4 is 51.3 Å². The van der Waals surface area contributed by atoms with E-state index in [1.54, 1.807) is 18.4 Å². The van der Waals surface area contributed by atoms with E-state index in [2.05, 4.69) is 10.3 Å². The van der Waals surface area contributed by atoms with Gasteiger partial charge in [-0.3, -0.25) is 9.59 Å². The molecule has 0 saturated heterocycles. The lowest BCUT2D eigenvalue weighted by Crippen LogP contribution is -2.23. The van der Waals surface area contributed by atoms with Crippen LogP contribution in [0.1, 0.15) is 17.3 Å². The number of amides is 2. The highest BCUT2D eigenvalue weighted by atomic mass is 32.2. The molecule has 2 amide bonds. The predicted molar refractivity (Wildman–Crippen MR) is 104 cm³/mol. The second kappa shape index (κ2) is 7.81. The Hall–Kier alpha value is -2.16. The van der Waals surface area contributed by atoms with Crippen LogP contribution in [0.5, 0.6) is 0 Å². The lowest BCUT2D eigenvalue weighted by molar-refractivity contribution is -0.115. The van der Waals surface area contributed by atoms with E-state index in [0.717, 1.165) is 15.6 Å². The highest BCUT2D eigenvalue weighted by Crippen LogP contribution is 2.31. The molecule has 0 bridgehead atoms. The summed E-state index contributed by atoms with van der Waals surface area (Å²) < 4.78 is 0.822. The number of aromatic nitrogens is 1. The normalized spacial score (nSPS) is 11.9. The number of thiazole rings is 1. The lowest BCUT2D eigenvalue weighted by atomic mass is 10.2. The van der Waals surface area contributed by atoms with E-state index in [4.69, 9.17) is 5.73 Å². The van der Waals surface area contributed by atoms with Crippen LogP contribution in [-0.4, -0.2) is 22.0 Å². The van der Waals surface area contributed by atoms with Crippen molar-refractivity contribution in [3.05, 3.63) is 52.7 Å². The van der Waals surface area contributed by atoms with Gasteiger partial charge in [0.05, 0.1) is 16.5 Å². The minimum atomic E-state index is -0.552. The summed E-state index contributed by atoms with van der Waals surface area (Å²) in [6.45, 7) is 1.81. The molecular weight excluding hydrogens is 374 g/mol. The highest BCUT2D eigenvalue weighted by Gasteiger charge is 2.19. The zero-order valence-corrected chi connectivity index (χ0v) is 15.7. The number of nitrogens with zero attached hydrogens (tertiary/aromatic N) is 1. The van der Waals surface area contributed by atoms with Crippen molar-refractivity contribution < 1.29 is 9.59 Å². The van der Waals surface area contributed by atoms with Crippen molar-refractivity contribution in [2.45, 2.75) is 16.5 Å². The number of thiophene rings is 1. The number of carbonyl (C=O) groups excluding carboxylic acids is 2. The zero-order chi connectivity index (χ0) is 17.8. The molecule has 0 aliphatic carbocycles. The Morgan fingerprint density at radius 1 is 1.20 bits per heavy atom. The minimum absolute atomic E-state index is 0.189. The fraction of sp³-hybridized carbons (Fsp3) is 0.118. The third-order valence-corrected chi connectivity index (χ3v) is 6.27. The molecule has 5 nitrogen and oxygen atoms in total. The summed E-state index contributed by atoms with van der Waals surface area (Å²) in [4.78, 5) is 28.3. The van der Waals surface area contributed by atoms with Crippen LogP contribution in [0.4, 0.5) is 5.00 Å². The molecular formula is C17H15N3O2S3. The maximum Gasteiger partial charge on any atom is 0.251 e. The van der Waals surface area contributed by atoms with Crippen molar-refractivity contribution in [3.63, 3.8) is 0 Å². The Morgan fingerprint density at radius 3 is 2.68 bits per heavy atom. The van der Waals surface area contributed by atoms with Crippen molar-refractivity contribution in [1.82, 2.24) is 4.98 Å². The minimum Gasteiger partial charge on any atom is -0.366 e. The molecule has 128 valence electrons. The van der Waals surface area contributed by atoms with Crippen LogP contribution in [0.25, 0.3) is 11.3 Å². The second-order valence-corrected chi connectivity index (χ2v) is 8.50. The fourth-order valence-corrected chi connectivity index (χ4v) is 4.84. The number of thioether (sulfide) groups is 1. The summed E-state index contributed by atoms with van der Waals surface area (Å²) in [6, 6.07) is 11.5. The van der Waals surface area contributed by atoms with Crippen molar-refractivity contribution in [3.8, 4) is 11.3 Å². The van der Waals surface area contributed by atoms with Crippen molar-refractivity contribution in [2.24, 2.45) is 5.73 Å². The van der Waals surface area contributed by atoms with E-state index in [-0.39, 0.29) is 11.2 Å². The Balaban J connectivity index is 1.65. The summed E-state index contributed by atoms with van der Waals surface area (Å²) in [5, 5.41) is 6.60. The maximum absolute atomic E-state index is 12.4. The molecule has 0 fully saturated rings. The largest absolute Gasteiger partial charge is 0.366 e. The topological polar surface area (TPSA) is 85.1 Å². The molecule has 8 heteroatoms. The summed E-state index contributed by atoms with van der Waals surface area (Å²) in [5.74, 6) is -0.740. The van der Waals surface area contributed by atoms with Crippen LogP contribution in [0.15, 0.2) is 51.5 Å². The average molecular weight is 390 g/mol. The number of anilines is 1. The van der Waals surface area contributed by atoms with Crippen LogP contribution >= 0.6 is 34.4 Å². The maximum atomic E-state index is 12.4. The Labute approximate surface area is 157 Å². The van der Waals surface area contributed by atoms with Gasteiger partial charge >= 0.3 is 0 Å². The van der Waals surface area contributed by atoms with Gasteiger partial charge in [-0.05, 0) is 18.4 Å². The van der Waals surface area contributed by atoms with Crippen LogP contribution in [0.3, 0.4) is 0 Å². The highest BCUT2D eigenvalue weighted by molar-refractivity contribution is 8.02. The van der Waals surface area contributed by atoms with Crippen LogP contribution in [0, 0.1) is 0 Å². The van der Waals surface area contributed by atoms with Gasteiger partial charge in [-0.2, -0.15) is 0 Å². The average Bonchev–Trinajstić information content (AvgIpc) is 3.25. The molecule has 2 heterocycles. The van der Waals surface area contributed by atoms with E-state index in [0.29, 0.717) is 10.6 Å². The number of hydrogen-bond donors (Lipinski definition) is 2. The molecule has 0 aliphatic heterocycles. The number of hydrogen-bond acceptors (Lipinski definition) is 6. The standard InChI is InChI=1S/C17H15N3O2S3/c1-10(15(22)20-16-12(14(18)21)7-8-23-16)25-17-19-13(9-24-17)11-5-3-2-4-6-11/h2-10H,1H3,(H2,18,21)(H,20,22). The monoisotopic (exact) mass is 389 g/mol. The Bertz CT molecular complexity index is 889. The van der Waals surface area contributed by atoms with Gasteiger partial charge in [0.15, 0.2) is 4.34 Å². The summed E-state index contributed by atoms with van der Waals surface area (Å²) in [5.41, 5.74) is 7.57. The molecule has 3 aromatic rings. The summed E-state index contributed by atoms with van der Waals surface area (Å²) >= 11 is 4.17. The third kappa shape index (κ3) is 4.28. The molecule has 0 aliphatic rings. The van der Waals surface area contributed by atoms with Gasteiger partial charge in [-0.1, -0.05) is 42.1 Å². The molecule has 25 heavy (non-hydrogen) atoms. The summed E-state index contributed by atoms with van der Waals surface area (Å²) in [7, 11) is 0. The molecule has 0 radical (unpaired) electrons. The van der Waals surface area contributed by atoms with Gasteiger partial charge < -0.3 is 11.1 Å². The number of primary amides is 1. The second-order valence-electron chi connectivity index (χ2n) is 5.14. The lowest BCUT2D eigenvalue weighted by Gasteiger charge is -2.10. The number of nitrogens with one attached hydrogen (secondary N) is 1. The first kappa shape index (κ1) is 17.7. The van der Waals surface area contributed by atoms with E-state index in [9.17, 15) is 9.59 Å². The number of rotatable bonds is 6. The summed E-state index contributed by atoms with van der Waals surface area (Å²) in [6.07, 6.45) is 0. The number of carbonyl (C=O) groups is 2. The quantitative estimate of drug-likeness (QED) is 0.622. The number of benzene rings is 1. The SMILES string of the molecule is CC(Sc1nc(-c2ccccc2)cs1)C(=O)Nc1sccc1C(N)=O. The molecule has 0 spiro atoms. The molecule has 1 atom stereocenters. The first-order valence-corrected chi connectivity index (χ1v) is 10.0. The van der Waals surface area contributed by atoms with Crippen molar-refractivity contribution in [1.29, 1.82) is 0 Å². The van der Waals surface area contributed by atoms with Crippen LogP contribution in [-0.2, 0) is 4.79 Å². The van der Waals surface area contributed by atoms with Gasteiger partial charge in [-0.25, -0.2) is 4.98 Å². The van der Waals surface area contributed by atoms with Crippen LogP contribution < -0.4 is 11.1 Å². The molecule has 2 aromatic heterocycles. The third-order valence-electron chi connectivity index (χ3n) is 3.37. The molecule has 3 rings (SSSR count). The van der Waals surface area contributed by atoms with Crippen LogP contribution in [0.2, 0.25) is 0 Å². The number of nitrogens with two attached hydrogens (primary N) is 1. The zero-order valence-electron chi connectivity index (χ0n) is 13.3. The van der Waals surface area contributed by atoms with Gasteiger partial charge in [0.2, 0.25) is 5.91 Å². The van der Waals surface area contributed by atoms with E-state index in [1.165, 1.54) is 34.4 Å². The Morgan fingerprint density at radius 2 is 1.96 bits per heavy atom. The van der Waals surface area contributed by atoms with Gasteiger partial charge in [0.25, 0.3) is 5.91 Å². The molecule has 0 saturated carbocycles. The van der Waals surface area contributed by atoms with Gasteiger partial charge in [-0.15, -0.1) is 22.7 Å². The fourth-order valence-electron chi connectivity index (χ4n) is 2.07. The smallest absolute Gasteiger partial charge is 0.251 e. The van der Waals surface area contributed by atoms with E-state index >= 15 is 0 Å². The van der Waals surface area contributed by atoms with Gasteiger partial charge in [0.1, 0.15) is 5.00 Å². The van der Waals surface area contributed by atoms with Crippen molar-refractivity contribution in [2.75, 3.05) is 5.32 Å². The van der Waals surface area contributed by atoms with Gasteiger partial charge in [0, 0.05) is 10.9 Å². The predicted octanol–water partition coefficient (Wildman–Crippen LogP) is 4.09. The molecule has 3 N–H and O–H groups in total.